The molecule has 0 unspecified atom stereocenters. The van der Waals surface area contributed by atoms with Crippen LogP contribution in [0, 0.1) is 5.92 Å². The van der Waals surface area contributed by atoms with Gasteiger partial charge in [-0.2, -0.15) is 10.2 Å². The molecule has 2 aromatic heterocycles. The Kier molecular flexibility index (Phi) is 5.91. The van der Waals surface area contributed by atoms with Crippen molar-refractivity contribution in [1.29, 1.82) is 0 Å². The van der Waals surface area contributed by atoms with Crippen molar-refractivity contribution in [2.75, 3.05) is 33.7 Å². The zero-order chi connectivity index (χ0) is 17.8. The molecule has 0 N–H and O–H groups in total. The van der Waals surface area contributed by atoms with Gasteiger partial charge in [0.15, 0.2) is 0 Å². The monoisotopic (exact) mass is 344 g/mol. The van der Waals surface area contributed by atoms with Gasteiger partial charge < -0.3 is 4.90 Å². The molecule has 0 saturated carbocycles. The summed E-state index contributed by atoms with van der Waals surface area (Å²) in [4.78, 5) is 4.99. The summed E-state index contributed by atoms with van der Waals surface area (Å²) in [6.45, 7) is 6.47. The molecule has 3 rings (SSSR count). The third-order valence-corrected chi connectivity index (χ3v) is 5.57. The Labute approximate surface area is 151 Å². The van der Waals surface area contributed by atoms with Gasteiger partial charge in [0.25, 0.3) is 0 Å². The van der Waals surface area contributed by atoms with Gasteiger partial charge in [-0.05, 0) is 58.5 Å². The Hall–Kier alpha value is -1.66. The van der Waals surface area contributed by atoms with E-state index in [2.05, 4.69) is 64.9 Å². The minimum absolute atomic E-state index is 0.463. The molecule has 3 heterocycles. The molecular weight excluding hydrogens is 312 g/mol. The Balaban J connectivity index is 1.62. The van der Waals surface area contributed by atoms with Crippen molar-refractivity contribution in [3.05, 3.63) is 35.9 Å². The molecule has 138 valence electrons. The van der Waals surface area contributed by atoms with E-state index in [-0.39, 0.29) is 0 Å². The van der Waals surface area contributed by atoms with Crippen molar-refractivity contribution in [2.24, 2.45) is 13.0 Å². The molecule has 1 aliphatic heterocycles. The van der Waals surface area contributed by atoms with Crippen LogP contribution in [0.1, 0.15) is 37.2 Å². The largest absolute Gasteiger partial charge is 0.306 e. The van der Waals surface area contributed by atoms with E-state index < -0.39 is 0 Å². The van der Waals surface area contributed by atoms with E-state index in [4.69, 9.17) is 0 Å². The number of nitrogens with zero attached hydrogens (tertiary/aromatic N) is 6. The first-order chi connectivity index (χ1) is 12.1. The summed E-state index contributed by atoms with van der Waals surface area (Å²) in [7, 11) is 6.57. The molecule has 2 atom stereocenters. The van der Waals surface area contributed by atoms with Crippen LogP contribution in [-0.4, -0.2) is 63.1 Å². The number of aryl methyl sites for hydroxylation is 2. The average Bonchev–Trinajstić information content (AvgIpc) is 3.22. The summed E-state index contributed by atoms with van der Waals surface area (Å²) in [6.07, 6.45) is 7.46. The smallest absolute Gasteiger partial charge is 0.0555 e. The van der Waals surface area contributed by atoms with Crippen molar-refractivity contribution < 1.29 is 0 Å². The summed E-state index contributed by atoms with van der Waals surface area (Å²) < 4.78 is 4.14. The van der Waals surface area contributed by atoms with E-state index >= 15 is 0 Å². The molecule has 6 heteroatoms. The lowest BCUT2D eigenvalue weighted by molar-refractivity contribution is 0.0891. The van der Waals surface area contributed by atoms with Crippen molar-refractivity contribution in [3.8, 4) is 0 Å². The maximum absolute atomic E-state index is 4.40. The van der Waals surface area contributed by atoms with Crippen LogP contribution >= 0.6 is 0 Å². The van der Waals surface area contributed by atoms with Crippen molar-refractivity contribution in [3.63, 3.8) is 0 Å². The number of hydrogen-bond acceptors (Lipinski definition) is 4. The number of rotatable bonds is 7. The number of hydrogen-bond donors (Lipinski definition) is 0. The lowest BCUT2D eigenvalue weighted by Crippen LogP contribution is -2.42. The highest BCUT2D eigenvalue weighted by atomic mass is 15.3. The maximum Gasteiger partial charge on any atom is 0.0555 e. The fourth-order valence-corrected chi connectivity index (χ4v) is 4.25. The van der Waals surface area contributed by atoms with Gasteiger partial charge in [0.2, 0.25) is 0 Å². The minimum atomic E-state index is 0.463. The Morgan fingerprint density at radius 1 is 1.20 bits per heavy atom. The van der Waals surface area contributed by atoms with Gasteiger partial charge in [-0.15, -0.1) is 0 Å². The summed E-state index contributed by atoms with van der Waals surface area (Å²) in [5.74, 6) is 0.648. The van der Waals surface area contributed by atoms with E-state index in [1.165, 1.54) is 30.8 Å². The molecule has 1 fully saturated rings. The van der Waals surface area contributed by atoms with Crippen LogP contribution in [0.15, 0.2) is 24.5 Å². The summed E-state index contributed by atoms with van der Waals surface area (Å²) >= 11 is 0. The molecule has 0 bridgehead atoms. The van der Waals surface area contributed by atoms with E-state index in [1.807, 2.05) is 17.1 Å². The molecule has 0 spiro atoms. The van der Waals surface area contributed by atoms with Gasteiger partial charge in [-0.3, -0.25) is 14.3 Å². The third kappa shape index (κ3) is 4.12. The molecule has 0 aliphatic carbocycles. The number of aromatic nitrogens is 4. The summed E-state index contributed by atoms with van der Waals surface area (Å²) in [5.41, 5.74) is 2.67. The molecule has 0 radical (unpaired) electrons. The molecule has 2 aromatic rings. The van der Waals surface area contributed by atoms with Crippen molar-refractivity contribution in [2.45, 2.75) is 38.8 Å². The number of likely N-dealkylation sites (tertiary alicyclic amines) is 1. The molecule has 1 saturated heterocycles. The first-order valence-electron chi connectivity index (χ1n) is 9.47. The van der Waals surface area contributed by atoms with Crippen LogP contribution in [0.3, 0.4) is 0 Å². The van der Waals surface area contributed by atoms with Gasteiger partial charge in [-0.1, -0.05) is 0 Å². The fourth-order valence-electron chi connectivity index (χ4n) is 4.25. The average molecular weight is 345 g/mol. The Morgan fingerprint density at radius 3 is 2.72 bits per heavy atom. The summed E-state index contributed by atoms with van der Waals surface area (Å²) in [5, 5.41) is 8.77. The topological polar surface area (TPSA) is 42.1 Å². The predicted molar refractivity (Wildman–Crippen MR) is 100 cm³/mol. The highest BCUT2D eigenvalue weighted by Crippen LogP contribution is 2.35. The van der Waals surface area contributed by atoms with Gasteiger partial charge in [0, 0.05) is 51.2 Å². The standard InChI is InChI=1S/C19H32N6/c1-5-25-17(8-11-21-25)10-14-22(2)15-16-7-6-13-23(3)19(16)18-9-12-20-24(18)4/h8-9,11-12,16,19H,5-7,10,13-15H2,1-4H3/t16-,19+/m0/s1. The SMILES string of the molecule is CCn1nccc1CCN(C)C[C@@H]1CCCN(C)[C@H]1c1ccnn1C. The third-order valence-electron chi connectivity index (χ3n) is 5.57. The first-order valence-corrected chi connectivity index (χ1v) is 9.47. The quantitative estimate of drug-likeness (QED) is 0.772. The Morgan fingerprint density at radius 2 is 2.00 bits per heavy atom. The Bertz CT molecular complexity index is 660. The molecule has 25 heavy (non-hydrogen) atoms. The van der Waals surface area contributed by atoms with Crippen molar-refractivity contribution in [1.82, 2.24) is 29.4 Å². The lowest BCUT2D eigenvalue weighted by atomic mass is 9.87. The molecule has 0 aromatic carbocycles. The normalized spacial score (nSPS) is 22.0. The molecule has 0 amide bonds. The van der Waals surface area contributed by atoms with Gasteiger partial charge in [0.1, 0.15) is 0 Å². The van der Waals surface area contributed by atoms with Crippen LogP contribution in [0.5, 0.6) is 0 Å². The molecule has 6 nitrogen and oxygen atoms in total. The fraction of sp³-hybridized carbons (Fsp3) is 0.684. The first kappa shape index (κ1) is 18.1. The summed E-state index contributed by atoms with van der Waals surface area (Å²) in [6, 6.07) is 4.79. The second-order valence-electron chi connectivity index (χ2n) is 7.36. The number of likely N-dealkylation sites (N-methyl/N-ethyl adjacent to an activating group) is 1. The second-order valence-corrected chi connectivity index (χ2v) is 7.36. The van der Waals surface area contributed by atoms with E-state index in [0.29, 0.717) is 12.0 Å². The lowest BCUT2D eigenvalue weighted by Gasteiger charge is -2.40. The van der Waals surface area contributed by atoms with Crippen LogP contribution in [-0.2, 0) is 20.0 Å². The van der Waals surface area contributed by atoms with Crippen LogP contribution in [0.2, 0.25) is 0 Å². The minimum Gasteiger partial charge on any atom is -0.306 e. The van der Waals surface area contributed by atoms with Crippen LogP contribution in [0.25, 0.3) is 0 Å². The zero-order valence-corrected chi connectivity index (χ0v) is 16.1. The van der Waals surface area contributed by atoms with E-state index in [1.54, 1.807) is 0 Å². The maximum atomic E-state index is 4.40. The van der Waals surface area contributed by atoms with Crippen molar-refractivity contribution >= 4 is 0 Å². The van der Waals surface area contributed by atoms with Gasteiger partial charge >= 0.3 is 0 Å². The molecular formula is C19H32N6. The van der Waals surface area contributed by atoms with Crippen LogP contribution < -0.4 is 0 Å². The second kappa shape index (κ2) is 8.15. The highest BCUT2D eigenvalue weighted by Gasteiger charge is 2.32. The zero-order valence-electron chi connectivity index (χ0n) is 16.1. The van der Waals surface area contributed by atoms with Crippen LogP contribution in [0.4, 0.5) is 0 Å². The van der Waals surface area contributed by atoms with E-state index in [0.717, 1.165) is 26.1 Å². The molecule has 1 aliphatic rings. The number of piperidine rings is 1. The van der Waals surface area contributed by atoms with Gasteiger partial charge in [0.05, 0.1) is 11.7 Å². The predicted octanol–water partition coefficient (Wildman–Crippen LogP) is 2.19. The van der Waals surface area contributed by atoms with E-state index in [9.17, 15) is 0 Å². The highest BCUT2D eigenvalue weighted by molar-refractivity contribution is 5.10. The van der Waals surface area contributed by atoms with Gasteiger partial charge in [-0.25, -0.2) is 0 Å².